The molecule has 3 N–H and O–H groups in total. The predicted octanol–water partition coefficient (Wildman–Crippen LogP) is 0.878. The lowest BCUT2D eigenvalue weighted by molar-refractivity contribution is -0.137. The van der Waals surface area contributed by atoms with Gasteiger partial charge in [0.05, 0.1) is 17.7 Å². The summed E-state index contributed by atoms with van der Waals surface area (Å²) in [5, 5.41) is 8.09. The highest BCUT2D eigenvalue weighted by Gasteiger charge is 2.34. The van der Waals surface area contributed by atoms with Crippen LogP contribution < -0.4 is 16.0 Å². The van der Waals surface area contributed by atoms with E-state index >= 15 is 0 Å². The number of carbonyl (C=O) groups excluding carboxylic acids is 2. The zero-order valence-electron chi connectivity index (χ0n) is 14.1. The summed E-state index contributed by atoms with van der Waals surface area (Å²) >= 11 is 0. The van der Waals surface area contributed by atoms with Gasteiger partial charge in [-0.05, 0) is 12.1 Å². The minimum absolute atomic E-state index is 0. The number of carbonyl (C=O) groups is 2. The van der Waals surface area contributed by atoms with Crippen molar-refractivity contribution in [1.29, 1.82) is 0 Å². The van der Waals surface area contributed by atoms with Crippen molar-refractivity contribution in [2.45, 2.75) is 6.18 Å². The molecule has 6 nitrogen and oxygen atoms in total. The molecule has 0 atom stereocenters. The SMILES string of the molecule is Cl.O=C(CNC(=O)c1ccccc1C(F)(F)F)NCCN1CCNCC1. The summed E-state index contributed by atoms with van der Waals surface area (Å²) in [6, 6.07) is 4.48. The van der Waals surface area contributed by atoms with Crippen LogP contribution in [0.1, 0.15) is 15.9 Å². The number of rotatable bonds is 6. The summed E-state index contributed by atoms with van der Waals surface area (Å²) in [5.41, 5.74) is -1.52. The molecule has 0 radical (unpaired) electrons. The van der Waals surface area contributed by atoms with Crippen LogP contribution in [0, 0.1) is 0 Å². The van der Waals surface area contributed by atoms with Crippen LogP contribution in [0.15, 0.2) is 24.3 Å². The van der Waals surface area contributed by atoms with Crippen molar-refractivity contribution in [3.63, 3.8) is 0 Å². The van der Waals surface area contributed by atoms with Gasteiger partial charge in [-0.1, -0.05) is 12.1 Å². The lowest BCUT2D eigenvalue weighted by Gasteiger charge is -2.27. The summed E-state index contributed by atoms with van der Waals surface area (Å²) in [7, 11) is 0. The summed E-state index contributed by atoms with van der Waals surface area (Å²) < 4.78 is 38.6. The van der Waals surface area contributed by atoms with Gasteiger partial charge in [0.25, 0.3) is 5.91 Å². The number of hydrogen-bond acceptors (Lipinski definition) is 4. The van der Waals surface area contributed by atoms with Crippen LogP contribution >= 0.6 is 12.4 Å². The number of alkyl halides is 3. The van der Waals surface area contributed by atoms with E-state index in [0.717, 1.165) is 38.3 Å². The van der Waals surface area contributed by atoms with E-state index in [1.54, 1.807) is 0 Å². The highest BCUT2D eigenvalue weighted by Crippen LogP contribution is 2.31. The molecule has 0 spiro atoms. The second kappa shape index (κ2) is 10.3. The van der Waals surface area contributed by atoms with Crippen LogP contribution in [-0.4, -0.2) is 62.5 Å². The number of nitrogens with one attached hydrogen (secondary N) is 3. The Balaban J connectivity index is 0.00000338. The first-order valence-electron chi connectivity index (χ1n) is 8.02. The van der Waals surface area contributed by atoms with Crippen LogP contribution in [0.4, 0.5) is 13.2 Å². The molecule has 10 heteroatoms. The zero-order valence-corrected chi connectivity index (χ0v) is 14.9. The van der Waals surface area contributed by atoms with Crippen molar-refractivity contribution < 1.29 is 22.8 Å². The van der Waals surface area contributed by atoms with Gasteiger partial charge in [-0.25, -0.2) is 0 Å². The normalized spacial score (nSPS) is 15.0. The first kappa shape index (κ1) is 22.2. The molecule has 1 aliphatic heterocycles. The molecule has 1 heterocycles. The number of nitrogens with zero attached hydrogens (tertiary/aromatic N) is 1. The summed E-state index contributed by atoms with van der Waals surface area (Å²) in [4.78, 5) is 25.8. The minimum Gasteiger partial charge on any atom is -0.353 e. The molecule has 2 amide bonds. The Morgan fingerprint density at radius 1 is 1.12 bits per heavy atom. The first-order valence-corrected chi connectivity index (χ1v) is 8.02. The van der Waals surface area contributed by atoms with Crippen molar-refractivity contribution in [2.24, 2.45) is 0 Å². The standard InChI is InChI=1S/C16H21F3N4O2.ClH/c17-16(18,19)13-4-2-1-3-12(13)15(25)22-11-14(24)21-7-10-23-8-5-20-6-9-23;/h1-4,20H,5-11H2,(H,21,24)(H,22,25);1H. The van der Waals surface area contributed by atoms with Gasteiger partial charge in [0.1, 0.15) is 0 Å². The molecule has 0 aromatic heterocycles. The molecule has 1 aliphatic rings. The van der Waals surface area contributed by atoms with E-state index in [1.807, 2.05) is 0 Å². The predicted molar refractivity (Wildman–Crippen MR) is 93.3 cm³/mol. The molecule has 1 fully saturated rings. The van der Waals surface area contributed by atoms with Gasteiger partial charge in [0.2, 0.25) is 5.91 Å². The van der Waals surface area contributed by atoms with E-state index < -0.39 is 29.1 Å². The monoisotopic (exact) mass is 394 g/mol. The second-order valence-corrected chi connectivity index (χ2v) is 5.67. The quantitative estimate of drug-likeness (QED) is 0.669. The lowest BCUT2D eigenvalue weighted by atomic mass is 10.1. The van der Waals surface area contributed by atoms with Gasteiger partial charge in [-0.2, -0.15) is 13.2 Å². The van der Waals surface area contributed by atoms with E-state index in [4.69, 9.17) is 0 Å². The smallest absolute Gasteiger partial charge is 0.353 e. The van der Waals surface area contributed by atoms with Crippen LogP contribution in [0.25, 0.3) is 0 Å². The van der Waals surface area contributed by atoms with Gasteiger partial charge in [0, 0.05) is 39.3 Å². The molecule has 2 rings (SSSR count). The fourth-order valence-corrected chi connectivity index (χ4v) is 2.53. The Morgan fingerprint density at radius 2 is 1.77 bits per heavy atom. The maximum Gasteiger partial charge on any atom is 0.417 e. The minimum atomic E-state index is -4.63. The number of amides is 2. The van der Waals surface area contributed by atoms with Gasteiger partial charge in [-0.15, -0.1) is 12.4 Å². The molecule has 0 bridgehead atoms. The molecule has 0 unspecified atom stereocenters. The summed E-state index contributed by atoms with van der Waals surface area (Å²) in [5.74, 6) is -1.36. The average molecular weight is 395 g/mol. The molecule has 146 valence electrons. The molecular weight excluding hydrogens is 373 g/mol. The van der Waals surface area contributed by atoms with Gasteiger partial charge < -0.3 is 16.0 Å². The fourth-order valence-electron chi connectivity index (χ4n) is 2.53. The van der Waals surface area contributed by atoms with Crippen molar-refractivity contribution >= 4 is 24.2 Å². The van der Waals surface area contributed by atoms with E-state index in [9.17, 15) is 22.8 Å². The zero-order chi connectivity index (χ0) is 18.3. The van der Waals surface area contributed by atoms with Crippen molar-refractivity contribution in [3.05, 3.63) is 35.4 Å². The molecule has 26 heavy (non-hydrogen) atoms. The van der Waals surface area contributed by atoms with E-state index in [1.165, 1.54) is 12.1 Å². The Kier molecular flexibility index (Phi) is 8.83. The molecule has 1 aromatic rings. The highest BCUT2D eigenvalue weighted by molar-refractivity contribution is 5.97. The van der Waals surface area contributed by atoms with E-state index in [2.05, 4.69) is 20.9 Å². The number of benzene rings is 1. The Morgan fingerprint density at radius 3 is 2.42 bits per heavy atom. The third-order valence-corrected chi connectivity index (χ3v) is 3.85. The van der Waals surface area contributed by atoms with Gasteiger partial charge in [0.15, 0.2) is 0 Å². The molecule has 1 saturated heterocycles. The maximum absolute atomic E-state index is 12.9. The summed E-state index contributed by atoms with van der Waals surface area (Å²) in [6.45, 7) is 4.37. The van der Waals surface area contributed by atoms with Crippen LogP contribution in [0.3, 0.4) is 0 Å². The van der Waals surface area contributed by atoms with Crippen molar-refractivity contribution in [3.8, 4) is 0 Å². The maximum atomic E-state index is 12.9. The molecule has 1 aromatic carbocycles. The average Bonchev–Trinajstić information content (AvgIpc) is 2.60. The Hall–Kier alpha value is -1.84. The van der Waals surface area contributed by atoms with Crippen LogP contribution in [0.5, 0.6) is 0 Å². The third-order valence-electron chi connectivity index (χ3n) is 3.85. The summed E-state index contributed by atoms with van der Waals surface area (Å²) in [6.07, 6.45) is -4.63. The Bertz CT molecular complexity index is 607. The largest absolute Gasteiger partial charge is 0.417 e. The lowest BCUT2D eigenvalue weighted by Crippen LogP contribution is -2.47. The molecule has 0 aliphatic carbocycles. The van der Waals surface area contributed by atoms with Gasteiger partial charge in [-0.3, -0.25) is 14.5 Å². The fraction of sp³-hybridized carbons (Fsp3) is 0.500. The molecule has 0 saturated carbocycles. The topological polar surface area (TPSA) is 73.5 Å². The number of hydrogen-bond donors (Lipinski definition) is 3. The third kappa shape index (κ3) is 6.81. The molecular formula is C16H22ClF3N4O2. The van der Waals surface area contributed by atoms with Crippen LogP contribution in [-0.2, 0) is 11.0 Å². The van der Waals surface area contributed by atoms with Crippen molar-refractivity contribution in [2.75, 3.05) is 45.8 Å². The number of halogens is 4. The Labute approximate surface area is 155 Å². The number of piperazine rings is 1. The van der Waals surface area contributed by atoms with E-state index in [-0.39, 0.29) is 19.0 Å². The van der Waals surface area contributed by atoms with Crippen LogP contribution in [0.2, 0.25) is 0 Å². The highest BCUT2D eigenvalue weighted by atomic mass is 35.5. The first-order chi connectivity index (χ1) is 11.9. The second-order valence-electron chi connectivity index (χ2n) is 5.67. The van der Waals surface area contributed by atoms with Crippen molar-refractivity contribution in [1.82, 2.24) is 20.9 Å². The van der Waals surface area contributed by atoms with Gasteiger partial charge >= 0.3 is 6.18 Å². The van der Waals surface area contributed by atoms with E-state index in [0.29, 0.717) is 13.1 Å².